The van der Waals surface area contributed by atoms with Gasteiger partial charge >= 0.3 is 5.97 Å². The van der Waals surface area contributed by atoms with Gasteiger partial charge in [0.15, 0.2) is 0 Å². The number of halogens is 2. The minimum absolute atomic E-state index is 0.161. The zero-order valence-corrected chi connectivity index (χ0v) is 11.0. The molecule has 3 nitrogen and oxygen atoms in total. The van der Waals surface area contributed by atoms with E-state index >= 15 is 0 Å². The lowest BCUT2D eigenvalue weighted by molar-refractivity contribution is -0.141. The van der Waals surface area contributed by atoms with E-state index in [2.05, 4.69) is 0 Å². The first-order chi connectivity index (χ1) is 7.99. The molecule has 0 spiro atoms. The Morgan fingerprint density at radius 3 is 2.65 bits per heavy atom. The van der Waals surface area contributed by atoms with Crippen molar-refractivity contribution in [1.29, 1.82) is 0 Å². The molecular formula is C12H12Cl2O3. The van der Waals surface area contributed by atoms with Crippen molar-refractivity contribution in [2.24, 2.45) is 0 Å². The van der Waals surface area contributed by atoms with Crippen LogP contribution in [0.3, 0.4) is 0 Å². The van der Waals surface area contributed by atoms with E-state index in [4.69, 9.17) is 32.7 Å². The van der Waals surface area contributed by atoms with Crippen LogP contribution in [0.25, 0.3) is 0 Å². The number of carbonyl (C=O) groups excluding carboxylic acids is 1. The van der Waals surface area contributed by atoms with E-state index in [1.54, 1.807) is 32.0 Å². The molecule has 0 unspecified atom stereocenters. The van der Waals surface area contributed by atoms with Gasteiger partial charge in [0.05, 0.1) is 23.5 Å². The lowest BCUT2D eigenvalue weighted by Crippen LogP contribution is -2.08. The molecule has 0 aliphatic rings. The fourth-order valence-electron chi connectivity index (χ4n) is 1.01. The van der Waals surface area contributed by atoms with Gasteiger partial charge in [-0.15, -0.1) is 0 Å². The van der Waals surface area contributed by atoms with Gasteiger partial charge in [-0.25, -0.2) is 4.79 Å². The number of esters is 1. The maximum Gasteiger partial charge on any atom is 0.334 e. The third kappa shape index (κ3) is 5.11. The van der Waals surface area contributed by atoms with Crippen LogP contribution in [0, 0.1) is 0 Å². The Hall–Kier alpha value is -1.19. The molecule has 0 atom stereocenters. The maximum absolute atomic E-state index is 11.1. The molecule has 0 heterocycles. The summed E-state index contributed by atoms with van der Waals surface area (Å²) in [7, 11) is 0. The van der Waals surface area contributed by atoms with Crippen LogP contribution in [-0.2, 0) is 9.53 Å². The van der Waals surface area contributed by atoms with E-state index in [1.165, 1.54) is 12.3 Å². The van der Waals surface area contributed by atoms with Gasteiger partial charge in [-0.05, 0) is 32.0 Å². The molecule has 0 bridgehead atoms. The summed E-state index contributed by atoms with van der Waals surface area (Å²) in [5.74, 6) is -0.0465. The molecule has 92 valence electrons. The molecule has 5 heteroatoms. The molecule has 0 aliphatic heterocycles. The molecule has 17 heavy (non-hydrogen) atoms. The summed E-state index contributed by atoms with van der Waals surface area (Å²) >= 11 is 11.6. The molecule has 0 fully saturated rings. The van der Waals surface area contributed by atoms with E-state index in [-0.39, 0.29) is 6.10 Å². The van der Waals surface area contributed by atoms with E-state index in [9.17, 15) is 4.79 Å². The van der Waals surface area contributed by atoms with Crippen molar-refractivity contribution < 1.29 is 14.3 Å². The number of rotatable bonds is 4. The van der Waals surface area contributed by atoms with Crippen LogP contribution in [0.4, 0.5) is 0 Å². The molecular weight excluding hydrogens is 263 g/mol. The summed E-state index contributed by atoms with van der Waals surface area (Å²) in [5, 5.41) is 0.893. The van der Waals surface area contributed by atoms with Crippen molar-refractivity contribution in [2.45, 2.75) is 20.0 Å². The van der Waals surface area contributed by atoms with Crippen LogP contribution in [0.15, 0.2) is 30.5 Å². The molecule has 0 saturated carbocycles. The third-order valence-corrected chi connectivity index (χ3v) is 2.18. The average Bonchev–Trinajstić information content (AvgIpc) is 2.20. The van der Waals surface area contributed by atoms with Crippen LogP contribution >= 0.6 is 23.2 Å². The average molecular weight is 275 g/mol. The number of carbonyl (C=O) groups is 1. The standard InChI is InChI=1S/C12H12Cl2O3/c1-8(2)17-12(15)5-6-16-11-4-3-9(13)7-10(11)14/h3-8H,1-2H3/b6-5+. The molecule has 0 aromatic heterocycles. The van der Waals surface area contributed by atoms with Gasteiger partial charge in [0.2, 0.25) is 0 Å². The number of hydrogen-bond donors (Lipinski definition) is 0. The van der Waals surface area contributed by atoms with E-state index in [0.29, 0.717) is 15.8 Å². The molecule has 0 N–H and O–H groups in total. The van der Waals surface area contributed by atoms with Crippen LogP contribution in [-0.4, -0.2) is 12.1 Å². The summed E-state index contributed by atoms with van der Waals surface area (Å²) in [4.78, 5) is 11.1. The quantitative estimate of drug-likeness (QED) is 0.476. The van der Waals surface area contributed by atoms with Gasteiger partial charge < -0.3 is 9.47 Å². The lowest BCUT2D eigenvalue weighted by atomic mass is 10.3. The number of hydrogen-bond acceptors (Lipinski definition) is 3. The predicted octanol–water partition coefficient (Wildman–Crippen LogP) is 3.84. The Kier molecular flexibility index (Phi) is 5.32. The first kappa shape index (κ1) is 13.9. The highest BCUT2D eigenvalue weighted by atomic mass is 35.5. The summed E-state index contributed by atoms with van der Waals surface area (Å²) in [6, 6.07) is 4.81. The smallest absolute Gasteiger partial charge is 0.334 e. The van der Waals surface area contributed by atoms with Gasteiger partial charge in [-0.3, -0.25) is 0 Å². The van der Waals surface area contributed by atoms with Crippen LogP contribution in [0.2, 0.25) is 10.0 Å². The first-order valence-electron chi connectivity index (χ1n) is 4.98. The third-order valence-electron chi connectivity index (χ3n) is 1.64. The second kappa shape index (κ2) is 6.52. The fraction of sp³-hybridized carbons (Fsp3) is 0.250. The van der Waals surface area contributed by atoms with Crippen LogP contribution in [0.1, 0.15) is 13.8 Å². The van der Waals surface area contributed by atoms with Crippen molar-refractivity contribution in [3.8, 4) is 5.75 Å². The molecule has 1 aromatic rings. The zero-order chi connectivity index (χ0) is 12.8. The van der Waals surface area contributed by atoms with Crippen LogP contribution < -0.4 is 4.74 Å². The highest BCUT2D eigenvalue weighted by Gasteiger charge is 2.02. The SMILES string of the molecule is CC(C)OC(=O)/C=C/Oc1ccc(Cl)cc1Cl. The lowest BCUT2D eigenvalue weighted by Gasteiger charge is -2.05. The number of benzene rings is 1. The molecule has 0 aliphatic carbocycles. The van der Waals surface area contributed by atoms with Gasteiger partial charge in [0.1, 0.15) is 5.75 Å². The van der Waals surface area contributed by atoms with Crippen molar-refractivity contribution in [3.05, 3.63) is 40.6 Å². The minimum atomic E-state index is -0.468. The summed E-state index contributed by atoms with van der Waals surface area (Å²) in [6.45, 7) is 3.53. The maximum atomic E-state index is 11.1. The van der Waals surface area contributed by atoms with Gasteiger partial charge in [-0.1, -0.05) is 23.2 Å². The topological polar surface area (TPSA) is 35.5 Å². The first-order valence-corrected chi connectivity index (χ1v) is 5.73. The van der Waals surface area contributed by atoms with Crippen molar-refractivity contribution >= 4 is 29.2 Å². The van der Waals surface area contributed by atoms with Crippen molar-refractivity contribution in [3.63, 3.8) is 0 Å². The van der Waals surface area contributed by atoms with Crippen LogP contribution in [0.5, 0.6) is 5.75 Å². The molecule has 0 amide bonds. The second-order valence-electron chi connectivity index (χ2n) is 3.48. The predicted molar refractivity (Wildman–Crippen MR) is 67.5 cm³/mol. The van der Waals surface area contributed by atoms with Gasteiger partial charge in [-0.2, -0.15) is 0 Å². The van der Waals surface area contributed by atoms with E-state index in [0.717, 1.165) is 0 Å². The summed E-state index contributed by atoms with van der Waals surface area (Å²) in [5.41, 5.74) is 0. The number of ether oxygens (including phenoxy) is 2. The Labute approximate surface area is 110 Å². The molecule has 1 rings (SSSR count). The Balaban J connectivity index is 2.55. The minimum Gasteiger partial charge on any atom is -0.463 e. The molecule has 0 radical (unpaired) electrons. The van der Waals surface area contributed by atoms with E-state index in [1.807, 2.05) is 0 Å². The summed E-state index contributed by atoms with van der Waals surface area (Å²) < 4.78 is 10.0. The highest BCUT2D eigenvalue weighted by Crippen LogP contribution is 2.27. The molecule has 1 aromatic carbocycles. The largest absolute Gasteiger partial charge is 0.463 e. The van der Waals surface area contributed by atoms with Gasteiger partial charge in [0, 0.05) is 5.02 Å². The fourth-order valence-corrected chi connectivity index (χ4v) is 1.46. The molecule has 0 saturated heterocycles. The highest BCUT2D eigenvalue weighted by molar-refractivity contribution is 6.35. The monoisotopic (exact) mass is 274 g/mol. The van der Waals surface area contributed by atoms with Crippen molar-refractivity contribution in [2.75, 3.05) is 0 Å². The van der Waals surface area contributed by atoms with E-state index < -0.39 is 5.97 Å². The normalized spacial score (nSPS) is 10.9. The Bertz CT molecular complexity index is 428. The zero-order valence-electron chi connectivity index (χ0n) is 9.44. The Morgan fingerprint density at radius 1 is 1.35 bits per heavy atom. The Morgan fingerprint density at radius 2 is 2.06 bits per heavy atom. The second-order valence-corrected chi connectivity index (χ2v) is 4.32. The summed E-state index contributed by atoms with van der Waals surface area (Å²) in [6.07, 6.45) is 2.25. The van der Waals surface area contributed by atoms with Gasteiger partial charge in [0.25, 0.3) is 0 Å². The van der Waals surface area contributed by atoms with Crippen molar-refractivity contribution in [1.82, 2.24) is 0 Å².